The van der Waals surface area contributed by atoms with Crippen molar-refractivity contribution in [3.05, 3.63) is 0 Å². The van der Waals surface area contributed by atoms with Gasteiger partial charge in [-0.2, -0.15) is 0 Å². The van der Waals surface area contributed by atoms with Gasteiger partial charge in [0.25, 0.3) is 0 Å². The summed E-state index contributed by atoms with van der Waals surface area (Å²) in [5.41, 5.74) is 0. The second-order valence-corrected chi connectivity index (χ2v) is 26.0. The maximum atomic E-state index is 7.40. The van der Waals surface area contributed by atoms with Gasteiger partial charge in [-0.3, -0.25) is 7.56 Å². The zero-order valence-electron chi connectivity index (χ0n) is 48.4. The van der Waals surface area contributed by atoms with E-state index in [1.54, 1.807) is 0 Å². The van der Waals surface area contributed by atoms with Crippen LogP contribution in [0.5, 0.6) is 0 Å². The lowest BCUT2D eigenvalue weighted by Gasteiger charge is -2.63. The van der Waals surface area contributed by atoms with Crippen molar-refractivity contribution < 1.29 is 0 Å². The first-order chi connectivity index (χ1) is 38.2. The van der Waals surface area contributed by atoms with Crippen molar-refractivity contribution in [3.8, 4) is 0 Å². The summed E-state index contributed by atoms with van der Waals surface area (Å²) < 4.78 is 0. The van der Waals surface area contributed by atoms with Crippen molar-refractivity contribution in [3.63, 3.8) is 0 Å². The highest BCUT2D eigenvalue weighted by Gasteiger charge is 2.66. The molecule has 0 aromatic carbocycles. The molecule has 0 bridgehead atoms. The summed E-state index contributed by atoms with van der Waals surface area (Å²) >= 11 is 0. The Balaban J connectivity index is 13.1. The van der Waals surface area contributed by atoms with Crippen LogP contribution in [0, 0.1) is 0 Å². The molecule has 0 amide bonds. The molecule has 254 valence electrons. The standard InChI is InChI=1S/B83P/c1-44(2)65(43)76(66(45(3)4)46(5)6)81(75(63(39)40)64(41)42)84(82(77(67(47(7)8)48(9)10)68(49(11)12)50(13)14)78(69(51(15)16)52(17)18)70(53(19)20)54(21)22)83(79(71(55(23)24)56(25)26)72(57(27)28)58(29)30)80(73(59(31)32)60(33)34)74(61(35)36)62(37)38. The third kappa shape index (κ3) is 24.1. The highest BCUT2D eigenvalue weighted by molar-refractivity contribution is 8.64. The molecule has 84 heavy (non-hydrogen) atoms. The Morgan fingerprint density at radius 3 is 0.321 bits per heavy atom. The summed E-state index contributed by atoms with van der Waals surface area (Å²) in [4.78, 5) is 0. The molecule has 0 unspecified atom stereocenters. The molecular weight excluding hydrogens is 928 g/mol. The summed E-state index contributed by atoms with van der Waals surface area (Å²) in [7, 11) is 294. The normalized spacial score (nSPS) is 9.92. The Morgan fingerprint density at radius 1 is 0.107 bits per heavy atom. The Bertz CT molecular complexity index is 1330. The molecule has 0 saturated carbocycles. The summed E-state index contributed by atoms with van der Waals surface area (Å²) in [6, 6.07) is 0. The van der Waals surface area contributed by atoms with E-state index in [1.807, 2.05) is 0 Å². The lowest BCUT2D eigenvalue weighted by Crippen LogP contribution is -2.92. The second-order valence-electron chi connectivity index (χ2n) is 23.3. The van der Waals surface area contributed by atoms with Gasteiger partial charge in [0.2, 0.25) is 0 Å². The average molecular weight is 928 g/mol. The molecule has 86 radical (unpaired) electrons. The first-order valence-corrected chi connectivity index (χ1v) is 29.0. The molecule has 0 aliphatic heterocycles. The molecule has 0 fully saturated rings. The molecule has 0 nitrogen and oxygen atoms in total. The third-order valence-corrected chi connectivity index (χ3v) is 21.3. The Labute approximate surface area is 589 Å². The van der Waals surface area contributed by atoms with E-state index >= 15 is 0 Å². The molecule has 84 heteroatoms. The molecule has 0 aromatic heterocycles. The van der Waals surface area contributed by atoms with Gasteiger partial charge >= 0.3 is 0 Å². The van der Waals surface area contributed by atoms with Crippen LogP contribution in [0.4, 0.5) is 0 Å². The number of rotatable bonds is 40. The molecule has 0 saturated heterocycles. The maximum absolute atomic E-state index is 7.40. The van der Waals surface area contributed by atoms with Gasteiger partial charge in [-0.1, -0.05) is 0 Å². The monoisotopic (exact) mass is 945 g/mol. The van der Waals surface area contributed by atoms with Crippen molar-refractivity contribution >= 4 is 595 Å². The van der Waals surface area contributed by atoms with E-state index in [4.69, 9.17) is 333 Å². The summed E-state index contributed by atoms with van der Waals surface area (Å²) in [5, 5.41) is 0. The zero-order chi connectivity index (χ0) is 66.7. The predicted molar refractivity (Wildman–Crippen MR) is 485 cm³/mol. The number of hydrogen-bond donors (Lipinski definition) is 0. The molecule has 0 spiro atoms. The van der Waals surface area contributed by atoms with Crippen LogP contribution in [0.3, 0.4) is 0 Å². The maximum Gasteiger partial charge on any atom is 0.0527 e. The molecule has 0 aliphatic rings. The minimum absolute atomic E-state index is 1.57. The van der Waals surface area contributed by atoms with Gasteiger partial charge < -0.3 is 0 Å². The van der Waals surface area contributed by atoms with Crippen LogP contribution in [0.15, 0.2) is 0 Å². The van der Waals surface area contributed by atoms with Gasteiger partial charge in [0.05, 0.1) is 18.6 Å². The fourth-order valence-electron chi connectivity index (χ4n) is 14.0. The van der Waals surface area contributed by atoms with Crippen LogP contribution in [0.1, 0.15) is 0 Å². The Morgan fingerprint density at radius 2 is 0.214 bits per heavy atom. The molecule has 0 aromatic rings. The van der Waals surface area contributed by atoms with Crippen LogP contribution in [-0.4, -0.2) is 588 Å². The fourth-order valence-corrected chi connectivity index (χ4v) is 20.0. The number of hydrogen-bond acceptors (Lipinski definition) is 0. The molecular formula is B83P. The average Bonchev–Trinajstić information content (AvgIpc) is 3.26. The SMILES string of the molecule is [B]B([B])B([B])B(B(B([B])[B])B([B])[B])B(B(B([B])[B])B([B])[B])P(B(B(B(B([B])[B])B([B])[B])B(B([B])[B])B([B])[B])B(B(B([B])[B])B([B])[B])B(B([B])[B])B([B])[B])B(B(B(B([B])[B])B([B])[B])B(B([B])[B])B([B])[B])B(B(B([B])[B])B([B])[B])B(B([B])[B])B([B])[B]. The largest absolute Gasteiger partial charge is 0.253 e. The van der Waals surface area contributed by atoms with Crippen LogP contribution in [-0.2, 0) is 0 Å². The van der Waals surface area contributed by atoms with Crippen LogP contribution in [0.25, 0.3) is 0 Å². The highest BCUT2D eigenvalue weighted by atomic mass is 31.1. The molecule has 0 heterocycles. The van der Waals surface area contributed by atoms with Crippen molar-refractivity contribution in [2.45, 2.75) is 0 Å². The predicted octanol–water partition coefficient (Wildman–Crippen LogP) is -30.7. The smallest absolute Gasteiger partial charge is 0.0527 e. The van der Waals surface area contributed by atoms with E-state index in [-0.39, 0.29) is 0 Å². The van der Waals surface area contributed by atoms with E-state index in [0.717, 1.165) is 0 Å². The lowest BCUT2D eigenvalue weighted by molar-refractivity contribution is 3.22. The summed E-state index contributed by atoms with van der Waals surface area (Å²) in [6.07, 6.45) is -68.0. The first-order valence-electron chi connectivity index (χ1n) is 27.4. The second kappa shape index (κ2) is 41.3. The minimum atomic E-state index is -3.36. The molecule has 0 N–H and O–H groups in total. The van der Waals surface area contributed by atoms with Gasteiger partial charge in [-0.15, -0.1) is 0 Å². The minimum Gasteiger partial charge on any atom is -0.253 e. The summed E-state index contributed by atoms with van der Waals surface area (Å²) in [6.45, 7) is 0. The van der Waals surface area contributed by atoms with Gasteiger partial charge in [-0.25, -0.2) is 0 Å². The lowest BCUT2D eigenvalue weighted by atomic mass is 8.36. The van der Waals surface area contributed by atoms with Crippen LogP contribution < -0.4 is 0 Å². The first kappa shape index (κ1) is 89.8. The van der Waals surface area contributed by atoms with Crippen molar-refractivity contribution in [1.82, 2.24) is 0 Å². The van der Waals surface area contributed by atoms with Crippen molar-refractivity contribution in [2.75, 3.05) is 0 Å². The van der Waals surface area contributed by atoms with Gasteiger partial charge in [0.1, 0.15) is 0 Å². The topological polar surface area (TPSA) is 0 Å². The van der Waals surface area contributed by atoms with E-state index in [9.17, 15) is 0 Å². The third-order valence-electron chi connectivity index (χ3n) is 17.2. The Hall–Kier alpha value is 5.82. The van der Waals surface area contributed by atoms with Gasteiger partial charge in [0.15, 0.2) is 0 Å². The van der Waals surface area contributed by atoms with E-state index < -0.39 is 262 Å². The molecule has 0 aliphatic carbocycles. The van der Waals surface area contributed by atoms with Crippen LogP contribution in [0.2, 0.25) is 0 Å². The Kier molecular flexibility index (Phi) is 44.1. The molecule has 0 atom stereocenters. The van der Waals surface area contributed by atoms with E-state index in [1.165, 1.54) is 0 Å². The van der Waals surface area contributed by atoms with Crippen LogP contribution >= 0.6 is 7.56 Å². The van der Waals surface area contributed by atoms with Crippen molar-refractivity contribution in [2.24, 2.45) is 0 Å². The quantitative estimate of drug-likeness (QED) is 0.0424. The molecule has 0 rings (SSSR count). The highest BCUT2D eigenvalue weighted by Crippen LogP contribution is 2.53. The summed E-state index contributed by atoms with van der Waals surface area (Å²) in [5.74, 6) is 0. The van der Waals surface area contributed by atoms with Gasteiger partial charge in [0, 0.05) is 569 Å². The zero-order valence-corrected chi connectivity index (χ0v) is 49.3. The van der Waals surface area contributed by atoms with E-state index in [2.05, 4.69) is 0 Å². The van der Waals surface area contributed by atoms with Crippen molar-refractivity contribution in [1.29, 1.82) is 0 Å². The van der Waals surface area contributed by atoms with Gasteiger partial charge in [-0.05, 0) is 0 Å². The van der Waals surface area contributed by atoms with E-state index in [0.29, 0.717) is 0 Å². The fraction of sp³-hybridized carbons (Fsp3) is 0.